The van der Waals surface area contributed by atoms with Crippen LogP contribution in [0, 0.1) is 0 Å². The molecule has 192 valence electrons. The monoisotopic (exact) mass is 513 g/mol. The van der Waals surface area contributed by atoms with E-state index >= 15 is 0 Å². The van der Waals surface area contributed by atoms with Gasteiger partial charge in [-0.15, -0.1) is 0 Å². The number of hydrogen-bond acceptors (Lipinski definition) is 7. The van der Waals surface area contributed by atoms with E-state index in [0.29, 0.717) is 12.4 Å². The highest BCUT2D eigenvalue weighted by molar-refractivity contribution is 5.98. The number of ether oxygens (including phenoxy) is 2. The van der Waals surface area contributed by atoms with Crippen LogP contribution in [-0.2, 0) is 16.6 Å². The van der Waals surface area contributed by atoms with E-state index in [2.05, 4.69) is 27.4 Å². The first-order chi connectivity index (χ1) is 17.7. The van der Waals surface area contributed by atoms with Gasteiger partial charge < -0.3 is 19.9 Å². The summed E-state index contributed by atoms with van der Waals surface area (Å²) in [7, 11) is 3.57. The average Bonchev–Trinajstić information content (AvgIpc) is 3.29. The highest BCUT2D eigenvalue weighted by Crippen LogP contribution is 2.37. The molecule has 9 nitrogen and oxygen atoms in total. The third-order valence-electron chi connectivity index (χ3n) is 5.33. The Hall–Kier alpha value is -4.61. The van der Waals surface area contributed by atoms with Crippen LogP contribution in [-0.4, -0.2) is 57.3 Å². The summed E-state index contributed by atoms with van der Waals surface area (Å²) in [4.78, 5) is 18.0. The van der Waals surface area contributed by atoms with E-state index < -0.39 is 12.1 Å². The third kappa shape index (κ3) is 5.63. The molecule has 3 heterocycles. The molecule has 12 heteroatoms. The first kappa shape index (κ1) is 25.5. The molecule has 1 aliphatic rings. The SMILES string of the molecule is COc1cc2ncnc(-c3cn(C)nc3-c3ccccc3)c2cc1C1=CNCCO1.O=C(O)C(F)(F)F. The lowest BCUT2D eigenvalue weighted by atomic mass is 10.0. The van der Waals surface area contributed by atoms with Crippen molar-refractivity contribution in [3.63, 3.8) is 0 Å². The molecule has 5 rings (SSSR count). The summed E-state index contributed by atoms with van der Waals surface area (Å²) < 4.78 is 45.0. The second-order valence-electron chi connectivity index (χ2n) is 7.84. The zero-order valence-corrected chi connectivity index (χ0v) is 19.8. The van der Waals surface area contributed by atoms with Crippen molar-refractivity contribution >= 4 is 22.6 Å². The first-order valence-corrected chi connectivity index (χ1v) is 11.0. The second kappa shape index (κ2) is 10.6. The molecule has 2 aromatic heterocycles. The number of carboxylic acid groups (broad SMARTS) is 1. The van der Waals surface area contributed by atoms with Crippen LogP contribution in [0.15, 0.2) is 61.2 Å². The highest BCUT2D eigenvalue weighted by Gasteiger charge is 2.38. The summed E-state index contributed by atoms with van der Waals surface area (Å²) in [6, 6.07) is 14.1. The van der Waals surface area contributed by atoms with Gasteiger partial charge in [-0.25, -0.2) is 14.8 Å². The second-order valence-corrected chi connectivity index (χ2v) is 7.84. The molecule has 0 radical (unpaired) electrons. The summed E-state index contributed by atoms with van der Waals surface area (Å²) >= 11 is 0. The Morgan fingerprint density at radius 3 is 2.49 bits per heavy atom. The van der Waals surface area contributed by atoms with Gasteiger partial charge in [0.15, 0.2) is 0 Å². The molecule has 0 amide bonds. The molecule has 0 saturated heterocycles. The Bertz CT molecular complexity index is 1450. The minimum absolute atomic E-state index is 0.603. The van der Waals surface area contributed by atoms with Gasteiger partial charge in [-0.3, -0.25) is 4.68 Å². The van der Waals surface area contributed by atoms with Crippen LogP contribution in [0.4, 0.5) is 13.2 Å². The molecule has 0 unspecified atom stereocenters. The van der Waals surface area contributed by atoms with Crippen LogP contribution in [0.1, 0.15) is 5.56 Å². The number of aromatic nitrogens is 4. The molecule has 0 aliphatic carbocycles. The van der Waals surface area contributed by atoms with Gasteiger partial charge in [0.2, 0.25) is 0 Å². The lowest BCUT2D eigenvalue weighted by Crippen LogP contribution is -2.21. The lowest BCUT2D eigenvalue weighted by molar-refractivity contribution is -0.192. The number of nitrogens with one attached hydrogen (secondary N) is 1. The zero-order valence-electron chi connectivity index (χ0n) is 19.8. The minimum atomic E-state index is -5.08. The number of carbonyl (C=O) groups is 1. The standard InChI is InChI=1S/C23H21N5O2.C2HF3O2/c1-28-13-18(22(27-28)15-6-4-3-5-7-15)23-16-10-17(21-12-24-8-9-30-21)20(29-2)11-19(16)25-14-26-23;3-2(4,5)1(6)7/h3-7,10-14,24H,8-9H2,1-2H3;(H,6,7). The Morgan fingerprint density at radius 1 is 1.14 bits per heavy atom. The van der Waals surface area contributed by atoms with Crippen LogP contribution in [0.2, 0.25) is 0 Å². The van der Waals surface area contributed by atoms with Gasteiger partial charge in [-0.05, 0) is 6.07 Å². The Balaban J connectivity index is 0.000000405. The van der Waals surface area contributed by atoms with Gasteiger partial charge in [0.1, 0.15) is 30.1 Å². The van der Waals surface area contributed by atoms with Crippen LogP contribution in [0.3, 0.4) is 0 Å². The van der Waals surface area contributed by atoms with E-state index in [1.54, 1.807) is 13.4 Å². The fraction of sp³-hybridized carbons (Fsp3) is 0.200. The van der Waals surface area contributed by atoms with Crippen LogP contribution >= 0.6 is 0 Å². The number of fused-ring (bicyclic) bond motifs is 1. The maximum Gasteiger partial charge on any atom is 0.490 e. The summed E-state index contributed by atoms with van der Waals surface area (Å²) in [6.45, 7) is 1.38. The Kier molecular flexibility index (Phi) is 7.27. The number of hydrogen-bond donors (Lipinski definition) is 2. The highest BCUT2D eigenvalue weighted by atomic mass is 19.4. The van der Waals surface area contributed by atoms with Crippen molar-refractivity contribution in [1.82, 2.24) is 25.1 Å². The maximum absolute atomic E-state index is 10.6. The largest absolute Gasteiger partial charge is 0.496 e. The molecule has 0 atom stereocenters. The summed E-state index contributed by atoms with van der Waals surface area (Å²) in [5.41, 5.74) is 5.34. The number of methoxy groups -OCH3 is 1. The van der Waals surface area contributed by atoms with Crippen molar-refractivity contribution in [3.8, 4) is 28.3 Å². The number of aliphatic carboxylic acids is 1. The summed E-state index contributed by atoms with van der Waals surface area (Å²) in [6.07, 6.45) is 0.360. The van der Waals surface area contributed by atoms with Gasteiger partial charge in [0.25, 0.3) is 0 Å². The fourth-order valence-corrected chi connectivity index (χ4v) is 3.71. The van der Waals surface area contributed by atoms with Gasteiger partial charge in [-0.1, -0.05) is 30.3 Å². The van der Waals surface area contributed by atoms with Gasteiger partial charge in [0, 0.05) is 48.6 Å². The number of halogens is 3. The smallest absolute Gasteiger partial charge is 0.490 e. The summed E-state index contributed by atoms with van der Waals surface area (Å²) in [5, 5.41) is 16.0. The van der Waals surface area contributed by atoms with E-state index in [-0.39, 0.29) is 0 Å². The van der Waals surface area contributed by atoms with Crippen molar-refractivity contribution < 1.29 is 32.5 Å². The van der Waals surface area contributed by atoms with Crippen LogP contribution < -0.4 is 10.1 Å². The molecule has 4 aromatic rings. The number of nitrogens with zero attached hydrogens (tertiary/aromatic N) is 4. The molecule has 0 fully saturated rings. The van der Waals surface area contributed by atoms with E-state index in [9.17, 15) is 13.2 Å². The normalized spacial score (nSPS) is 13.1. The number of aryl methyl sites for hydroxylation is 1. The van der Waals surface area contributed by atoms with Gasteiger partial charge in [-0.2, -0.15) is 18.3 Å². The average molecular weight is 513 g/mol. The molecular weight excluding hydrogens is 491 g/mol. The van der Waals surface area contributed by atoms with E-state index in [4.69, 9.17) is 24.5 Å². The van der Waals surface area contributed by atoms with E-state index in [1.165, 1.54) is 0 Å². The Morgan fingerprint density at radius 2 is 1.86 bits per heavy atom. The predicted octanol–water partition coefficient (Wildman–Crippen LogP) is 4.26. The van der Waals surface area contributed by atoms with Crippen molar-refractivity contribution in [2.75, 3.05) is 20.3 Å². The number of benzene rings is 2. The number of rotatable bonds is 4. The van der Waals surface area contributed by atoms with Crippen molar-refractivity contribution in [2.45, 2.75) is 6.18 Å². The van der Waals surface area contributed by atoms with Crippen molar-refractivity contribution in [3.05, 3.63) is 66.8 Å². The van der Waals surface area contributed by atoms with Gasteiger partial charge in [0.05, 0.1) is 23.9 Å². The minimum Gasteiger partial charge on any atom is -0.496 e. The quantitative estimate of drug-likeness (QED) is 0.417. The first-order valence-electron chi connectivity index (χ1n) is 11.0. The van der Waals surface area contributed by atoms with E-state index in [0.717, 1.165) is 51.3 Å². The zero-order chi connectivity index (χ0) is 26.6. The molecule has 2 N–H and O–H groups in total. The fourth-order valence-electron chi connectivity index (χ4n) is 3.71. The summed E-state index contributed by atoms with van der Waals surface area (Å²) in [5.74, 6) is -1.31. The van der Waals surface area contributed by atoms with Crippen LogP contribution in [0.5, 0.6) is 5.75 Å². The molecule has 0 saturated carbocycles. The Labute approximate surface area is 209 Å². The van der Waals surface area contributed by atoms with Gasteiger partial charge >= 0.3 is 12.1 Å². The molecule has 0 bridgehead atoms. The molecule has 0 spiro atoms. The molecule has 37 heavy (non-hydrogen) atoms. The van der Waals surface area contributed by atoms with Crippen molar-refractivity contribution in [1.29, 1.82) is 0 Å². The lowest BCUT2D eigenvalue weighted by Gasteiger charge is -2.19. The number of alkyl halides is 3. The van der Waals surface area contributed by atoms with Crippen LogP contribution in [0.25, 0.3) is 39.2 Å². The molecular formula is C25H22F3N5O4. The van der Waals surface area contributed by atoms with Crippen molar-refractivity contribution in [2.24, 2.45) is 7.05 Å². The van der Waals surface area contributed by atoms with E-state index in [1.807, 2.05) is 54.5 Å². The molecule has 2 aromatic carbocycles. The maximum atomic E-state index is 10.6. The topological polar surface area (TPSA) is 111 Å². The number of carboxylic acids is 1. The predicted molar refractivity (Wildman–Crippen MR) is 129 cm³/mol. The molecule has 1 aliphatic heterocycles. The third-order valence-corrected chi connectivity index (χ3v) is 5.33.